The zero-order chi connectivity index (χ0) is 5.70. The summed E-state index contributed by atoms with van der Waals surface area (Å²) in [6.07, 6.45) is 0.941. The summed E-state index contributed by atoms with van der Waals surface area (Å²) < 4.78 is 0. The third-order valence-corrected chi connectivity index (χ3v) is 0.908. The first-order valence-electron chi connectivity index (χ1n) is 2.54. The molecule has 0 aromatic rings. The van der Waals surface area contributed by atoms with Gasteiger partial charge in [0.05, 0.1) is 0 Å². The van der Waals surface area contributed by atoms with Gasteiger partial charge in [0.2, 0.25) is 0 Å². The van der Waals surface area contributed by atoms with E-state index < -0.39 is 0 Å². The normalized spacial score (nSPS) is 14.1. The van der Waals surface area contributed by atoms with E-state index in [9.17, 15) is 0 Å². The molecule has 0 bridgehead atoms. The zero-order valence-corrected chi connectivity index (χ0v) is 4.56. The molecule has 1 radical (unpaired) electrons. The lowest BCUT2D eigenvalue weighted by Crippen LogP contribution is -2.14. The van der Waals surface area contributed by atoms with Crippen LogP contribution in [0.3, 0.4) is 0 Å². The number of nitrogens with two attached hydrogens (primary N) is 2. The van der Waals surface area contributed by atoms with Crippen LogP contribution in [0.25, 0.3) is 0 Å². The minimum absolute atomic E-state index is 0.352. The molecule has 0 amide bonds. The molecule has 1 atom stereocenters. The Bertz CT molecular complexity index is 37.1. The van der Waals surface area contributed by atoms with Crippen LogP contribution in [0.5, 0.6) is 0 Å². The van der Waals surface area contributed by atoms with Crippen molar-refractivity contribution in [3.8, 4) is 0 Å². The summed E-state index contributed by atoms with van der Waals surface area (Å²) in [4.78, 5) is 0. The fourth-order valence-corrected chi connectivity index (χ4v) is 0.354. The second kappa shape index (κ2) is 4.09. The Morgan fingerprint density at radius 2 is 2.00 bits per heavy atom. The van der Waals surface area contributed by atoms with Crippen molar-refractivity contribution < 1.29 is 0 Å². The second-order valence-corrected chi connectivity index (χ2v) is 1.68. The van der Waals surface area contributed by atoms with Crippen molar-refractivity contribution in [2.24, 2.45) is 17.4 Å². The Kier molecular flexibility index (Phi) is 4.04. The van der Waals surface area contributed by atoms with Crippen molar-refractivity contribution in [2.45, 2.75) is 6.42 Å². The van der Waals surface area contributed by atoms with Gasteiger partial charge in [-0.2, -0.15) is 0 Å². The van der Waals surface area contributed by atoms with Gasteiger partial charge in [-0.05, 0) is 32.4 Å². The van der Waals surface area contributed by atoms with E-state index in [1.54, 1.807) is 0 Å². The van der Waals surface area contributed by atoms with Crippen LogP contribution in [0.2, 0.25) is 0 Å². The van der Waals surface area contributed by atoms with E-state index >= 15 is 0 Å². The highest BCUT2D eigenvalue weighted by molar-refractivity contribution is 4.60. The average Bonchev–Trinajstić information content (AvgIpc) is 1.68. The largest absolute Gasteiger partial charge is 0.330 e. The summed E-state index contributed by atoms with van der Waals surface area (Å²) in [5.74, 6) is 0.352. The summed E-state index contributed by atoms with van der Waals surface area (Å²) in [6, 6.07) is 0. The average molecular weight is 101 g/mol. The van der Waals surface area contributed by atoms with E-state index in [2.05, 4.69) is 6.92 Å². The van der Waals surface area contributed by atoms with E-state index in [1.807, 2.05) is 0 Å². The number of hydrogen-bond donors (Lipinski definition) is 2. The molecule has 2 nitrogen and oxygen atoms in total. The number of hydrogen-bond acceptors (Lipinski definition) is 2. The SMILES string of the molecule is [CH2]C(CN)CCN. The van der Waals surface area contributed by atoms with E-state index in [0.717, 1.165) is 6.42 Å². The highest BCUT2D eigenvalue weighted by Gasteiger charge is 1.93. The van der Waals surface area contributed by atoms with Gasteiger partial charge in [-0.15, -0.1) is 0 Å². The Morgan fingerprint density at radius 1 is 1.43 bits per heavy atom. The van der Waals surface area contributed by atoms with Gasteiger partial charge >= 0.3 is 0 Å². The third-order valence-electron chi connectivity index (χ3n) is 0.908. The maximum Gasteiger partial charge on any atom is -0.00484 e. The molecular weight excluding hydrogens is 88.1 g/mol. The molecule has 7 heavy (non-hydrogen) atoms. The molecule has 0 saturated heterocycles. The van der Waals surface area contributed by atoms with E-state index in [-0.39, 0.29) is 0 Å². The van der Waals surface area contributed by atoms with Crippen LogP contribution in [0.15, 0.2) is 0 Å². The van der Waals surface area contributed by atoms with E-state index in [0.29, 0.717) is 19.0 Å². The molecule has 0 heterocycles. The minimum atomic E-state index is 0.352. The fourth-order valence-electron chi connectivity index (χ4n) is 0.354. The van der Waals surface area contributed by atoms with Crippen molar-refractivity contribution in [1.82, 2.24) is 0 Å². The van der Waals surface area contributed by atoms with Crippen molar-refractivity contribution in [2.75, 3.05) is 13.1 Å². The van der Waals surface area contributed by atoms with Gasteiger partial charge < -0.3 is 11.5 Å². The predicted molar refractivity (Wildman–Crippen MR) is 31.6 cm³/mol. The Balaban J connectivity index is 2.83. The topological polar surface area (TPSA) is 52.0 Å². The van der Waals surface area contributed by atoms with Crippen molar-refractivity contribution in [3.63, 3.8) is 0 Å². The summed E-state index contributed by atoms with van der Waals surface area (Å²) in [5.41, 5.74) is 10.4. The third kappa shape index (κ3) is 3.76. The molecule has 0 aliphatic heterocycles. The monoisotopic (exact) mass is 101 g/mol. The standard InChI is InChI=1S/C5H13N2/c1-5(4-7)2-3-6/h5H,1-4,6-7H2. The van der Waals surface area contributed by atoms with Crippen LogP contribution in [-0.2, 0) is 0 Å². The van der Waals surface area contributed by atoms with Crippen molar-refractivity contribution in [1.29, 1.82) is 0 Å². The van der Waals surface area contributed by atoms with Crippen molar-refractivity contribution >= 4 is 0 Å². The summed E-state index contributed by atoms with van der Waals surface area (Å²) >= 11 is 0. The molecule has 0 saturated carbocycles. The van der Waals surface area contributed by atoms with Crippen LogP contribution in [0, 0.1) is 12.8 Å². The van der Waals surface area contributed by atoms with Gasteiger partial charge in [0.1, 0.15) is 0 Å². The molecule has 4 N–H and O–H groups in total. The number of rotatable bonds is 3. The van der Waals surface area contributed by atoms with Gasteiger partial charge in [-0.25, -0.2) is 0 Å². The molecule has 43 valence electrons. The Morgan fingerprint density at radius 3 is 2.14 bits per heavy atom. The fraction of sp³-hybridized carbons (Fsp3) is 0.800. The molecule has 1 unspecified atom stereocenters. The van der Waals surface area contributed by atoms with Crippen molar-refractivity contribution in [3.05, 3.63) is 6.92 Å². The van der Waals surface area contributed by atoms with E-state index in [4.69, 9.17) is 11.5 Å². The smallest absolute Gasteiger partial charge is 0.00484 e. The first-order valence-corrected chi connectivity index (χ1v) is 2.54. The Hall–Kier alpha value is -0.0800. The maximum atomic E-state index is 5.24. The van der Waals surface area contributed by atoms with Crippen LogP contribution in [-0.4, -0.2) is 13.1 Å². The molecule has 2 heteroatoms. The van der Waals surface area contributed by atoms with Gasteiger partial charge in [0, 0.05) is 0 Å². The molecule has 0 rings (SSSR count). The highest BCUT2D eigenvalue weighted by atomic mass is 14.6. The second-order valence-electron chi connectivity index (χ2n) is 1.68. The summed E-state index contributed by atoms with van der Waals surface area (Å²) in [6.45, 7) is 5.09. The lowest BCUT2D eigenvalue weighted by molar-refractivity contribution is 0.607. The van der Waals surface area contributed by atoms with Gasteiger partial charge in [-0.3, -0.25) is 0 Å². The molecule has 0 aromatic heterocycles. The Labute approximate surface area is 44.9 Å². The molecular formula is C5H13N2. The highest BCUT2D eigenvalue weighted by Crippen LogP contribution is 1.93. The molecule has 0 aromatic carbocycles. The molecule has 0 aliphatic rings. The molecule has 0 aliphatic carbocycles. The lowest BCUT2D eigenvalue weighted by Gasteiger charge is -2.02. The van der Waals surface area contributed by atoms with E-state index in [1.165, 1.54) is 0 Å². The maximum absolute atomic E-state index is 5.24. The van der Waals surface area contributed by atoms with Crippen LogP contribution < -0.4 is 11.5 Å². The van der Waals surface area contributed by atoms with Gasteiger partial charge in [0.25, 0.3) is 0 Å². The quantitative estimate of drug-likeness (QED) is 0.515. The molecule has 0 spiro atoms. The van der Waals surface area contributed by atoms with Crippen LogP contribution >= 0.6 is 0 Å². The lowest BCUT2D eigenvalue weighted by atomic mass is 10.1. The van der Waals surface area contributed by atoms with Crippen LogP contribution in [0.4, 0.5) is 0 Å². The first kappa shape index (κ1) is 6.92. The van der Waals surface area contributed by atoms with Gasteiger partial charge in [-0.1, -0.05) is 0 Å². The first-order chi connectivity index (χ1) is 3.31. The molecule has 0 fully saturated rings. The van der Waals surface area contributed by atoms with Crippen LogP contribution in [0.1, 0.15) is 6.42 Å². The minimum Gasteiger partial charge on any atom is -0.330 e. The summed E-state index contributed by atoms with van der Waals surface area (Å²) in [5, 5.41) is 0. The van der Waals surface area contributed by atoms with Gasteiger partial charge in [0.15, 0.2) is 0 Å². The zero-order valence-electron chi connectivity index (χ0n) is 4.56. The summed E-state index contributed by atoms with van der Waals surface area (Å²) in [7, 11) is 0. The predicted octanol–water partition coefficient (Wildman–Crippen LogP) is -0.256.